The predicted octanol–water partition coefficient (Wildman–Crippen LogP) is 3.87. The Bertz CT molecular complexity index is 451. The molecule has 0 amide bonds. The zero-order valence-electron chi connectivity index (χ0n) is 13.8. The summed E-state index contributed by atoms with van der Waals surface area (Å²) < 4.78 is 5.76. The molecule has 3 nitrogen and oxygen atoms in total. The fourth-order valence-corrected chi connectivity index (χ4v) is 2.44. The first kappa shape index (κ1) is 16.0. The van der Waals surface area contributed by atoms with E-state index in [1.165, 1.54) is 11.1 Å². The maximum Gasteiger partial charge on any atom is 0.0855 e. The Morgan fingerprint density at radius 1 is 1.24 bits per heavy atom. The summed E-state index contributed by atoms with van der Waals surface area (Å²) in [6.45, 7) is 12.2. The molecule has 1 aliphatic rings. The maximum atomic E-state index is 5.76. The van der Waals surface area contributed by atoms with E-state index >= 15 is 0 Å². The van der Waals surface area contributed by atoms with Gasteiger partial charge in [0.1, 0.15) is 0 Å². The highest BCUT2D eigenvalue weighted by molar-refractivity contribution is 5.57. The van der Waals surface area contributed by atoms with Crippen molar-refractivity contribution in [2.45, 2.75) is 52.8 Å². The molecule has 1 aromatic carbocycles. The Balaban J connectivity index is 1.67. The smallest absolute Gasteiger partial charge is 0.0855 e. The number of hydrogen-bond acceptors (Lipinski definition) is 2. The van der Waals surface area contributed by atoms with Crippen molar-refractivity contribution in [3.8, 4) is 0 Å². The van der Waals surface area contributed by atoms with E-state index in [-0.39, 0.29) is 5.60 Å². The van der Waals surface area contributed by atoms with Crippen molar-refractivity contribution in [3.05, 3.63) is 35.4 Å². The second-order valence-electron chi connectivity index (χ2n) is 7.01. The van der Waals surface area contributed by atoms with Crippen molar-refractivity contribution in [1.82, 2.24) is 4.90 Å². The van der Waals surface area contributed by atoms with E-state index in [1.54, 1.807) is 0 Å². The third kappa shape index (κ3) is 5.50. The maximum absolute atomic E-state index is 5.76. The molecule has 1 aliphatic heterocycles. The highest BCUT2D eigenvalue weighted by atomic mass is 16.5. The molecule has 116 valence electrons. The molecule has 21 heavy (non-hydrogen) atoms. The van der Waals surface area contributed by atoms with Gasteiger partial charge in [0, 0.05) is 26.2 Å². The molecule has 0 saturated carbocycles. The van der Waals surface area contributed by atoms with Crippen molar-refractivity contribution in [3.63, 3.8) is 0 Å². The first-order chi connectivity index (χ1) is 9.94. The molecule has 3 heteroatoms. The number of nitrogens with zero attached hydrogens (tertiary/aromatic N) is 2. The predicted molar refractivity (Wildman–Crippen MR) is 88.5 cm³/mol. The molecule has 0 fully saturated rings. The lowest BCUT2D eigenvalue weighted by atomic mass is 10.1. The van der Waals surface area contributed by atoms with Crippen LogP contribution in [0.15, 0.2) is 29.3 Å². The summed E-state index contributed by atoms with van der Waals surface area (Å²) in [7, 11) is 0. The van der Waals surface area contributed by atoms with E-state index in [9.17, 15) is 0 Å². The first-order valence-electron chi connectivity index (χ1n) is 7.89. The zero-order chi connectivity index (χ0) is 15.3. The van der Waals surface area contributed by atoms with Gasteiger partial charge in [0.05, 0.1) is 11.9 Å². The van der Waals surface area contributed by atoms with Crippen LogP contribution >= 0.6 is 0 Å². The summed E-state index contributed by atoms with van der Waals surface area (Å²) in [5.41, 5.74) is 2.82. The second-order valence-corrected chi connectivity index (χ2v) is 7.01. The van der Waals surface area contributed by atoms with Crippen LogP contribution in [0.1, 0.15) is 45.2 Å². The summed E-state index contributed by atoms with van der Waals surface area (Å²) in [5, 5.41) is 0. The van der Waals surface area contributed by atoms with E-state index in [2.05, 4.69) is 61.9 Å². The molecule has 0 radical (unpaired) electrons. The Morgan fingerprint density at radius 3 is 2.43 bits per heavy atom. The van der Waals surface area contributed by atoms with E-state index in [0.29, 0.717) is 5.92 Å². The molecule has 0 spiro atoms. The molecule has 1 unspecified atom stereocenters. The average Bonchev–Trinajstić information content (AvgIpc) is 2.79. The minimum Gasteiger partial charge on any atom is -0.376 e. The third-order valence-corrected chi connectivity index (χ3v) is 3.67. The van der Waals surface area contributed by atoms with Gasteiger partial charge in [-0.1, -0.05) is 31.2 Å². The van der Waals surface area contributed by atoms with Gasteiger partial charge in [-0.3, -0.25) is 4.99 Å². The van der Waals surface area contributed by atoms with Gasteiger partial charge >= 0.3 is 0 Å². The van der Waals surface area contributed by atoms with Crippen molar-refractivity contribution in [1.29, 1.82) is 0 Å². The molecule has 0 aliphatic carbocycles. The minimum atomic E-state index is -0.0374. The van der Waals surface area contributed by atoms with Crippen molar-refractivity contribution < 1.29 is 4.74 Å². The molecule has 1 atom stereocenters. The van der Waals surface area contributed by atoms with Gasteiger partial charge in [-0.05, 0) is 44.2 Å². The van der Waals surface area contributed by atoms with E-state index in [1.807, 2.05) is 6.34 Å². The number of hydrogen-bond donors (Lipinski definition) is 0. The fraction of sp³-hybridized carbons (Fsp3) is 0.611. The normalized spacial score (nSPS) is 16.5. The standard InChI is InChI=1S/C18H28N2O/c1-15(9-10-21-18(2,3)4)11-19-14-20-12-16-7-5-6-8-17(16)13-20/h5-8,14-15H,9-13H2,1-4H3. The Labute approximate surface area is 129 Å². The molecule has 1 aromatic rings. The zero-order valence-corrected chi connectivity index (χ0v) is 13.8. The largest absolute Gasteiger partial charge is 0.376 e. The summed E-state index contributed by atoms with van der Waals surface area (Å²) in [4.78, 5) is 6.88. The number of ether oxygens (including phenoxy) is 1. The van der Waals surface area contributed by atoms with E-state index in [4.69, 9.17) is 4.74 Å². The van der Waals surface area contributed by atoms with Crippen LogP contribution < -0.4 is 0 Å². The van der Waals surface area contributed by atoms with Crippen LogP contribution in [0.2, 0.25) is 0 Å². The topological polar surface area (TPSA) is 24.8 Å². The lowest BCUT2D eigenvalue weighted by molar-refractivity contribution is -0.00810. The van der Waals surface area contributed by atoms with Gasteiger partial charge in [0.2, 0.25) is 0 Å². The van der Waals surface area contributed by atoms with Crippen LogP contribution in [0.4, 0.5) is 0 Å². The number of benzene rings is 1. The van der Waals surface area contributed by atoms with Crippen LogP contribution in [-0.2, 0) is 17.8 Å². The average molecular weight is 288 g/mol. The Hall–Kier alpha value is -1.35. The quantitative estimate of drug-likeness (QED) is 0.586. The second kappa shape index (κ2) is 7.08. The van der Waals surface area contributed by atoms with Crippen molar-refractivity contribution in [2.24, 2.45) is 10.9 Å². The van der Waals surface area contributed by atoms with E-state index < -0.39 is 0 Å². The number of rotatable bonds is 6. The molecule has 0 aromatic heterocycles. The van der Waals surface area contributed by atoms with Crippen LogP contribution in [0.5, 0.6) is 0 Å². The van der Waals surface area contributed by atoms with Gasteiger partial charge in [-0.2, -0.15) is 0 Å². The Morgan fingerprint density at radius 2 is 1.86 bits per heavy atom. The van der Waals surface area contributed by atoms with Crippen LogP contribution in [0.25, 0.3) is 0 Å². The first-order valence-corrected chi connectivity index (χ1v) is 7.89. The monoisotopic (exact) mass is 288 g/mol. The summed E-state index contributed by atoms with van der Waals surface area (Å²) in [6, 6.07) is 8.62. The lowest BCUT2D eigenvalue weighted by Crippen LogP contribution is -2.21. The van der Waals surface area contributed by atoms with Crippen LogP contribution in [0.3, 0.4) is 0 Å². The van der Waals surface area contributed by atoms with Crippen molar-refractivity contribution in [2.75, 3.05) is 13.2 Å². The summed E-state index contributed by atoms with van der Waals surface area (Å²) >= 11 is 0. The molecule has 0 N–H and O–H groups in total. The van der Waals surface area contributed by atoms with Crippen LogP contribution in [-0.4, -0.2) is 30.0 Å². The highest BCUT2D eigenvalue weighted by Crippen LogP contribution is 2.20. The minimum absolute atomic E-state index is 0.0374. The molecular formula is C18H28N2O. The number of aliphatic imine (C=N–C) groups is 1. The van der Waals surface area contributed by atoms with Crippen molar-refractivity contribution >= 4 is 6.34 Å². The SMILES string of the molecule is CC(CCOC(C)(C)C)CN=CN1Cc2ccccc2C1. The van der Waals surface area contributed by atoms with Gasteiger partial charge in [-0.25, -0.2) is 0 Å². The fourth-order valence-electron chi connectivity index (χ4n) is 2.44. The Kier molecular flexibility index (Phi) is 5.40. The van der Waals surface area contributed by atoms with Gasteiger partial charge in [0.25, 0.3) is 0 Å². The third-order valence-electron chi connectivity index (χ3n) is 3.67. The molecule has 0 bridgehead atoms. The summed E-state index contributed by atoms with van der Waals surface area (Å²) in [6.07, 6.45) is 3.08. The molecule has 1 heterocycles. The van der Waals surface area contributed by atoms with Crippen LogP contribution in [0, 0.1) is 5.92 Å². The molecular weight excluding hydrogens is 260 g/mol. The summed E-state index contributed by atoms with van der Waals surface area (Å²) in [5.74, 6) is 0.563. The molecule has 2 rings (SSSR count). The van der Waals surface area contributed by atoms with Gasteiger partial charge < -0.3 is 9.64 Å². The van der Waals surface area contributed by atoms with Gasteiger partial charge in [0.15, 0.2) is 0 Å². The highest BCUT2D eigenvalue weighted by Gasteiger charge is 2.15. The number of fused-ring (bicyclic) bond motifs is 1. The molecule has 0 saturated heterocycles. The van der Waals surface area contributed by atoms with E-state index in [0.717, 1.165) is 32.7 Å². The lowest BCUT2D eigenvalue weighted by Gasteiger charge is -2.20. The van der Waals surface area contributed by atoms with Gasteiger partial charge in [-0.15, -0.1) is 0 Å².